The van der Waals surface area contributed by atoms with Crippen molar-refractivity contribution in [3.05, 3.63) is 69.8 Å². The normalized spacial score (nSPS) is 9.76. The fourth-order valence-electron chi connectivity index (χ4n) is 1.67. The molecule has 21 heavy (non-hydrogen) atoms. The summed E-state index contributed by atoms with van der Waals surface area (Å²) in [5.41, 5.74) is 7.57. The molecule has 0 atom stereocenters. The summed E-state index contributed by atoms with van der Waals surface area (Å²) >= 11 is 1.64. The molecule has 106 valence electrons. The summed E-state index contributed by atoms with van der Waals surface area (Å²) in [5.74, 6) is 6.60. The maximum absolute atomic E-state index is 10.6. The van der Waals surface area contributed by atoms with Crippen molar-refractivity contribution in [1.29, 1.82) is 0 Å². The van der Waals surface area contributed by atoms with E-state index >= 15 is 0 Å². The molecule has 0 amide bonds. The lowest BCUT2D eigenvalue weighted by Crippen LogP contribution is -1.93. The van der Waals surface area contributed by atoms with Gasteiger partial charge in [-0.05, 0) is 29.8 Å². The van der Waals surface area contributed by atoms with Gasteiger partial charge >= 0.3 is 0 Å². The average Bonchev–Trinajstić information content (AvgIpc) is 2.52. The van der Waals surface area contributed by atoms with Crippen LogP contribution in [0.4, 0.5) is 5.69 Å². The van der Waals surface area contributed by atoms with Gasteiger partial charge < -0.3 is 5.73 Å². The number of thioether (sulfide) groups is 1. The maximum atomic E-state index is 10.6. The van der Waals surface area contributed by atoms with E-state index < -0.39 is 4.92 Å². The number of nitrogens with two attached hydrogens (primary N) is 1. The molecule has 2 rings (SSSR count). The first-order valence-corrected chi connectivity index (χ1v) is 7.33. The van der Waals surface area contributed by atoms with Gasteiger partial charge in [-0.1, -0.05) is 24.0 Å². The predicted molar refractivity (Wildman–Crippen MR) is 85.0 cm³/mol. The van der Waals surface area contributed by atoms with Gasteiger partial charge in [0.2, 0.25) is 0 Å². The topological polar surface area (TPSA) is 69.2 Å². The lowest BCUT2D eigenvalue weighted by Gasteiger charge is -2.02. The summed E-state index contributed by atoms with van der Waals surface area (Å²) in [6.07, 6.45) is 0. The average molecular weight is 298 g/mol. The van der Waals surface area contributed by atoms with Crippen molar-refractivity contribution < 1.29 is 4.92 Å². The van der Waals surface area contributed by atoms with E-state index in [2.05, 4.69) is 11.8 Å². The Balaban J connectivity index is 1.94. The van der Waals surface area contributed by atoms with Crippen LogP contribution < -0.4 is 5.73 Å². The molecule has 0 radical (unpaired) electrons. The first-order valence-electron chi connectivity index (χ1n) is 6.34. The number of non-ortho nitro benzene ring substituents is 1. The minimum Gasteiger partial charge on any atom is -0.320 e. The van der Waals surface area contributed by atoms with E-state index in [4.69, 9.17) is 5.73 Å². The highest BCUT2D eigenvalue weighted by molar-refractivity contribution is 7.98. The van der Waals surface area contributed by atoms with Crippen molar-refractivity contribution in [2.75, 3.05) is 6.54 Å². The fraction of sp³-hybridized carbons (Fsp3) is 0.125. The summed E-state index contributed by atoms with van der Waals surface area (Å²) in [5, 5.41) is 10.6. The summed E-state index contributed by atoms with van der Waals surface area (Å²) in [6, 6.07) is 14.6. The van der Waals surface area contributed by atoms with Gasteiger partial charge in [0, 0.05) is 28.3 Å². The van der Waals surface area contributed by atoms with Crippen molar-refractivity contribution in [3.63, 3.8) is 0 Å². The molecule has 5 heteroatoms. The second kappa shape index (κ2) is 7.48. The van der Waals surface area contributed by atoms with Crippen LogP contribution in [0, 0.1) is 22.0 Å². The van der Waals surface area contributed by atoms with Crippen molar-refractivity contribution in [1.82, 2.24) is 0 Å². The number of rotatable bonds is 4. The molecule has 0 spiro atoms. The van der Waals surface area contributed by atoms with Gasteiger partial charge in [0.15, 0.2) is 0 Å². The summed E-state index contributed by atoms with van der Waals surface area (Å²) in [4.78, 5) is 11.2. The molecule has 0 saturated heterocycles. The third-order valence-electron chi connectivity index (χ3n) is 2.74. The Morgan fingerprint density at radius 3 is 2.33 bits per heavy atom. The van der Waals surface area contributed by atoms with Gasteiger partial charge in [0.05, 0.1) is 11.5 Å². The number of nitrogens with zero attached hydrogens (tertiary/aromatic N) is 1. The van der Waals surface area contributed by atoms with Crippen molar-refractivity contribution >= 4 is 17.4 Å². The van der Waals surface area contributed by atoms with Gasteiger partial charge in [0.25, 0.3) is 5.69 Å². The fourth-order valence-corrected chi connectivity index (χ4v) is 2.52. The Labute approximate surface area is 127 Å². The number of hydrogen-bond donors (Lipinski definition) is 1. The first kappa shape index (κ1) is 15.1. The zero-order valence-corrected chi connectivity index (χ0v) is 12.1. The molecule has 0 unspecified atom stereocenters. The van der Waals surface area contributed by atoms with E-state index in [0.29, 0.717) is 6.54 Å². The Bertz CT molecular complexity index is 670. The third-order valence-corrected chi connectivity index (χ3v) is 3.82. The van der Waals surface area contributed by atoms with Gasteiger partial charge in [0.1, 0.15) is 0 Å². The molecule has 4 nitrogen and oxygen atoms in total. The van der Waals surface area contributed by atoms with Crippen LogP contribution in [0.3, 0.4) is 0 Å². The predicted octanol–water partition coefficient (Wildman–Crippen LogP) is 3.20. The zero-order chi connectivity index (χ0) is 15.1. The van der Waals surface area contributed by atoms with Crippen LogP contribution >= 0.6 is 11.8 Å². The van der Waals surface area contributed by atoms with Crippen LogP contribution in [-0.4, -0.2) is 11.5 Å². The van der Waals surface area contributed by atoms with Crippen LogP contribution in [0.15, 0.2) is 53.4 Å². The monoisotopic (exact) mass is 298 g/mol. The molecule has 0 saturated carbocycles. The van der Waals surface area contributed by atoms with Gasteiger partial charge in [-0.15, -0.1) is 11.8 Å². The van der Waals surface area contributed by atoms with Gasteiger partial charge in [-0.2, -0.15) is 0 Å². The summed E-state index contributed by atoms with van der Waals surface area (Å²) in [6.45, 7) is 0.359. The standard InChI is InChI=1S/C16H14N2O2S/c17-11-1-2-13-3-5-14(6-4-13)12-21-16-9-7-15(8-10-16)18(19)20/h3-10H,11-12,17H2. The zero-order valence-electron chi connectivity index (χ0n) is 11.3. The minimum atomic E-state index is -0.393. The molecule has 2 aromatic carbocycles. The first-order chi connectivity index (χ1) is 10.2. The highest BCUT2D eigenvalue weighted by Gasteiger charge is 2.04. The molecule has 0 bridgehead atoms. The van der Waals surface area contributed by atoms with E-state index in [1.165, 1.54) is 17.7 Å². The second-order valence-electron chi connectivity index (χ2n) is 4.24. The number of nitro groups is 1. The van der Waals surface area contributed by atoms with Crippen LogP contribution in [0.1, 0.15) is 11.1 Å². The smallest absolute Gasteiger partial charge is 0.269 e. The van der Waals surface area contributed by atoms with E-state index in [9.17, 15) is 10.1 Å². The Kier molecular flexibility index (Phi) is 5.38. The Morgan fingerprint density at radius 1 is 1.10 bits per heavy atom. The van der Waals surface area contributed by atoms with Crippen LogP contribution in [0.5, 0.6) is 0 Å². The minimum absolute atomic E-state index is 0.113. The molecule has 0 aliphatic carbocycles. The molecule has 0 aliphatic rings. The van der Waals surface area contributed by atoms with Crippen molar-refractivity contribution in [3.8, 4) is 11.8 Å². The van der Waals surface area contributed by atoms with Crippen molar-refractivity contribution in [2.24, 2.45) is 5.73 Å². The van der Waals surface area contributed by atoms with E-state index in [1.807, 2.05) is 24.3 Å². The molecular weight excluding hydrogens is 284 g/mol. The van der Waals surface area contributed by atoms with Gasteiger partial charge in [-0.3, -0.25) is 10.1 Å². The van der Waals surface area contributed by atoms with E-state index in [0.717, 1.165) is 16.2 Å². The van der Waals surface area contributed by atoms with Crippen molar-refractivity contribution in [2.45, 2.75) is 10.6 Å². The van der Waals surface area contributed by atoms with E-state index in [-0.39, 0.29) is 5.69 Å². The lowest BCUT2D eigenvalue weighted by atomic mass is 10.1. The molecule has 0 aromatic heterocycles. The molecule has 0 heterocycles. The SMILES string of the molecule is NCC#Cc1ccc(CSc2ccc([N+](=O)[O-])cc2)cc1. The number of benzene rings is 2. The van der Waals surface area contributed by atoms with Crippen LogP contribution in [0.25, 0.3) is 0 Å². The van der Waals surface area contributed by atoms with Crippen LogP contribution in [0.2, 0.25) is 0 Å². The second-order valence-corrected chi connectivity index (χ2v) is 5.29. The molecular formula is C16H14N2O2S. The molecule has 2 N–H and O–H groups in total. The largest absolute Gasteiger partial charge is 0.320 e. The molecule has 2 aromatic rings. The lowest BCUT2D eigenvalue weighted by molar-refractivity contribution is -0.384. The van der Waals surface area contributed by atoms with Gasteiger partial charge in [-0.25, -0.2) is 0 Å². The maximum Gasteiger partial charge on any atom is 0.269 e. The number of nitro benzene ring substituents is 1. The Morgan fingerprint density at radius 2 is 1.76 bits per heavy atom. The highest BCUT2D eigenvalue weighted by Crippen LogP contribution is 2.24. The highest BCUT2D eigenvalue weighted by atomic mass is 32.2. The quantitative estimate of drug-likeness (QED) is 0.407. The summed E-state index contributed by atoms with van der Waals surface area (Å²) in [7, 11) is 0. The van der Waals surface area contributed by atoms with E-state index in [1.54, 1.807) is 23.9 Å². The number of hydrogen-bond acceptors (Lipinski definition) is 4. The third kappa shape index (κ3) is 4.63. The summed E-state index contributed by atoms with van der Waals surface area (Å²) < 4.78 is 0. The molecule has 0 fully saturated rings. The molecule has 0 aliphatic heterocycles. The van der Waals surface area contributed by atoms with Crippen LogP contribution in [-0.2, 0) is 5.75 Å². The Hall–Kier alpha value is -2.29.